The molecule has 3 aromatic heterocycles. The molecule has 5 heterocycles. The molecule has 10 heteroatoms. The largest absolute Gasteiger partial charge is 0.367 e. The van der Waals surface area contributed by atoms with Crippen molar-refractivity contribution in [1.29, 1.82) is 0 Å². The van der Waals surface area contributed by atoms with Gasteiger partial charge in [0.15, 0.2) is 0 Å². The van der Waals surface area contributed by atoms with Gasteiger partial charge in [-0.25, -0.2) is 4.98 Å². The van der Waals surface area contributed by atoms with Crippen LogP contribution in [0, 0.1) is 0 Å². The van der Waals surface area contributed by atoms with Crippen LogP contribution in [0.2, 0.25) is 0 Å². The molecule has 1 N–H and O–H groups in total. The highest BCUT2D eigenvalue weighted by Crippen LogP contribution is 2.31. The Hall–Kier alpha value is -3.50. The van der Waals surface area contributed by atoms with Crippen molar-refractivity contribution in [3.05, 3.63) is 52.3 Å². The SMILES string of the molecule is CC(=O)N1CCN(c2cnc3c(c2)c(=O)c(C(=O)NCCN2CCCC2)c2sc4ccccc4n23)CC1. The summed E-state index contributed by atoms with van der Waals surface area (Å²) in [4.78, 5) is 50.7. The lowest BCUT2D eigenvalue weighted by molar-refractivity contribution is -0.129. The normalized spacial score (nSPS) is 16.8. The highest BCUT2D eigenvalue weighted by molar-refractivity contribution is 7.24. The van der Waals surface area contributed by atoms with Crippen molar-refractivity contribution in [3.8, 4) is 0 Å². The maximum absolute atomic E-state index is 13.9. The molecule has 0 spiro atoms. The molecule has 0 radical (unpaired) electrons. The molecule has 0 bridgehead atoms. The van der Waals surface area contributed by atoms with Crippen LogP contribution in [0.5, 0.6) is 0 Å². The summed E-state index contributed by atoms with van der Waals surface area (Å²) in [7, 11) is 0. The second kappa shape index (κ2) is 9.75. The number of para-hydroxylation sites is 1. The van der Waals surface area contributed by atoms with Gasteiger partial charge in [-0.3, -0.25) is 18.8 Å². The van der Waals surface area contributed by atoms with Crippen LogP contribution in [0.3, 0.4) is 0 Å². The van der Waals surface area contributed by atoms with Crippen molar-refractivity contribution >= 4 is 54.9 Å². The van der Waals surface area contributed by atoms with E-state index in [1.54, 1.807) is 13.1 Å². The Morgan fingerprint density at radius 3 is 2.57 bits per heavy atom. The fraction of sp³-hybridized carbons (Fsp3) is 0.407. The Labute approximate surface area is 218 Å². The first-order valence-electron chi connectivity index (χ1n) is 12.9. The Bertz CT molecular complexity index is 1560. The topological polar surface area (TPSA) is 90.3 Å². The minimum atomic E-state index is -0.337. The molecule has 4 aromatic rings. The van der Waals surface area contributed by atoms with Crippen molar-refractivity contribution in [1.82, 2.24) is 24.5 Å². The third-order valence-corrected chi connectivity index (χ3v) is 8.64. The number of hydrogen-bond acceptors (Lipinski definition) is 7. The third-order valence-electron chi connectivity index (χ3n) is 7.49. The van der Waals surface area contributed by atoms with E-state index in [9.17, 15) is 14.4 Å². The van der Waals surface area contributed by atoms with Crippen molar-refractivity contribution < 1.29 is 9.59 Å². The number of rotatable bonds is 5. The molecule has 0 atom stereocenters. The summed E-state index contributed by atoms with van der Waals surface area (Å²) in [5.74, 6) is -0.266. The lowest BCUT2D eigenvalue weighted by Crippen LogP contribution is -2.48. The third kappa shape index (κ3) is 4.34. The highest BCUT2D eigenvalue weighted by Gasteiger charge is 2.25. The molecular formula is C27H30N6O3S. The number of anilines is 1. The van der Waals surface area contributed by atoms with Crippen LogP contribution in [0.4, 0.5) is 5.69 Å². The molecule has 2 amide bonds. The van der Waals surface area contributed by atoms with Crippen LogP contribution >= 0.6 is 11.3 Å². The van der Waals surface area contributed by atoms with E-state index < -0.39 is 0 Å². The van der Waals surface area contributed by atoms with Crippen LogP contribution < -0.4 is 15.6 Å². The smallest absolute Gasteiger partial charge is 0.258 e. The zero-order chi connectivity index (χ0) is 25.5. The number of aromatic nitrogens is 2. The maximum atomic E-state index is 13.9. The standard InChI is InChI=1S/C27H30N6O3S/c1-18(34)31-12-14-32(15-13-31)19-16-20-24(35)23(26(36)28-8-11-30-9-4-5-10-30)27-33(25(20)29-17-19)21-6-2-3-7-22(21)37-27/h2-3,6-7,16-17H,4-5,8-15H2,1H3,(H,28,36). The Morgan fingerprint density at radius 2 is 1.81 bits per heavy atom. The van der Waals surface area contributed by atoms with E-state index in [1.165, 1.54) is 24.2 Å². The number of nitrogens with one attached hydrogen (secondary N) is 1. The quantitative estimate of drug-likeness (QED) is 0.437. The van der Waals surface area contributed by atoms with E-state index in [-0.39, 0.29) is 22.8 Å². The molecule has 9 nitrogen and oxygen atoms in total. The number of amides is 2. The molecule has 2 saturated heterocycles. The monoisotopic (exact) mass is 518 g/mol. The average molecular weight is 519 g/mol. The average Bonchev–Trinajstić information content (AvgIpc) is 3.56. The first-order valence-corrected chi connectivity index (χ1v) is 13.7. The Morgan fingerprint density at radius 1 is 1.05 bits per heavy atom. The summed E-state index contributed by atoms with van der Waals surface area (Å²) in [6, 6.07) is 9.77. The van der Waals surface area contributed by atoms with E-state index in [4.69, 9.17) is 4.98 Å². The van der Waals surface area contributed by atoms with Crippen LogP contribution in [0.15, 0.2) is 41.3 Å². The number of piperazine rings is 1. The first kappa shape index (κ1) is 23.9. The molecule has 192 valence electrons. The molecule has 2 aliphatic rings. The number of fused-ring (bicyclic) bond motifs is 5. The molecule has 0 unspecified atom stereocenters. The summed E-state index contributed by atoms with van der Waals surface area (Å²) in [6.07, 6.45) is 4.18. The lowest BCUT2D eigenvalue weighted by Gasteiger charge is -2.35. The second-order valence-electron chi connectivity index (χ2n) is 9.78. The zero-order valence-corrected chi connectivity index (χ0v) is 21.7. The molecular weight excluding hydrogens is 488 g/mol. The molecule has 6 rings (SSSR count). The lowest BCUT2D eigenvalue weighted by atomic mass is 10.1. The zero-order valence-electron chi connectivity index (χ0n) is 20.9. The van der Waals surface area contributed by atoms with E-state index in [2.05, 4.69) is 15.1 Å². The van der Waals surface area contributed by atoms with Crippen molar-refractivity contribution in [2.45, 2.75) is 19.8 Å². The minimum absolute atomic E-state index is 0.0710. The van der Waals surface area contributed by atoms with Gasteiger partial charge in [0.05, 0.1) is 27.5 Å². The molecule has 2 aliphatic heterocycles. The molecule has 1 aromatic carbocycles. The molecule has 0 saturated carbocycles. The van der Waals surface area contributed by atoms with Gasteiger partial charge in [0.1, 0.15) is 16.0 Å². The maximum Gasteiger partial charge on any atom is 0.258 e. The summed E-state index contributed by atoms with van der Waals surface area (Å²) >= 11 is 1.44. The summed E-state index contributed by atoms with van der Waals surface area (Å²) in [5.41, 5.74) is 2.19. The van der Waals surface area contributed by atoms with Crippen LogP contribution in [0.25, 0.3) is 26.1 Å². The highest BCUT2D eigenvalue weighted by atomic mass is 32.1. The molecule has 0 aliphatic carbocycles. The predicted octanol–water partition coefficient (Wildman–Crippen LogP) is 2.56. The van der Waals surface area contributed by atoms with Crippen molar-refractivity contribution in [3.63, 3.8) is 0 Å². The van der Waals surface area contributed by atoms with Gasteiger partial charge >= 0.3 is 0 Å². The number of hydrogen-bond donors (Lipinski definition) is 1. The number of carbonyl (C=O) groups is 2. The van der Waals surface area contributed by atoms with Crippen LogP contribution in [-0.4, -0.2) is 83.4 Å². The summed E-state index contributed by atoms with van der Waals surface area (Å²) < 4.78 is 2.94. The summed E-state index contributed by atoms with van der Waals surface area (Å²) in [5, 5.41) is 3.43. The van der Waals surface area contributed by atoms with E-state index in [0.717, 1.165) is 35.5 Å². The number of benzene rings is 1. The van der Waals surface area contributed by atoms with Gasteiger partial charge in [-0.15, -0.1) is 11.3 Å². The second-order valence-corrected chi connectivity index (χ2v) is 10.8. The van der Waals surface area contributed by atoms with Gasteiger partial charge in [0.2, 0.25) is 11.3 Å². The van der Waals surface area contributed by atoms with Gasteiger partial charge in [-0.05, 0) is 44.1 Å². The minimum Gasteiger partial charge on any atom is -0.367 e. The fourth-order valence-electron chi connectivity index (χ4n) is 5.46. The van der Waals surface area contributed by atoms with E-state index in [0.29, 0.717) is 48.6 Å². The van der Waals surface area contributed by atoms with Gasteiger partial charge in [-0.2, -0.15) is 0 Å². The van der Waals surface area contributed by atoms with Gasteiger partial charge < -0.3 is 20.0 Å². The molecule has 37 heavy (non-hydrogen) atoms. The van der Waals surface area contributed by atoms with E-state index in [1.807, 2.05) is 39.6 Å². The number of likely N-dealkylation sites (tertiary alicyclic amines) is 1. The number of thiazole rings is 1. The Kier molecular flexibility index (Phi) is 6.29. The fourth-order valence-corrected chi connectivity index (χ4v) is 6.64. The predicted molar refractivity (Wildman–Crippen MR) is 147 cm³/mol. The number of nitrogens with zero attached hydrogens (tertiary/aromatic N) is 5. The van der Waals surface area contributed by atoms with Crippen molar-refractivity contribution in [2.24, 2.45) is 0 Å². The first-order chi connectivity index (χ1) is 18.0. The number of pyridine rings is 2. The Balaban J connectivity index is 1.42. The van der Waals surface area contributed by atoms with Gasteiger partial charge in [0, 0.05) is 46.2 Å². The molecule has 2 fully saturated rings. The van der Waals surface area contributed by atoms with Crippen LogP contribution in [-0.2, 0) is 4.79 Å². The van der Waals surface area contributed by atoms with E-state index >= 15 is 0 Å². The van der Waals surface area contributed by atoms with Gasteiger partial charge in [-0.1, -0.05) is 12.1 Å². The van der Waals surface area contributed by atoms with Crippen LogP contribution in [0.1, 0.15) is 30.1 Å². The van der Waals surface area contributed by atoms with Gasteiger partial charge in [0.25, 0.3) is 5.91 Å². The number of carbonyl (C=O) groups excluding carboxylic acids is 2. The van der Waals surface area contributed by atoms with Crippen molar-refractivity contribution in [2.75, 3.05) is 57.3 Å². The summed E-state index contributed by atoms with van der Waals surface area (Å²) in [6.45, 7) is 7.59.